The number of aryl methyl sites for hydroxylation is 1. The van der Waals surface area contributed by atoms with Crippen LogP contribution in [0.3, 0.4) is 0 Å². The number of hydrogen-bond donors (Lipinski definition) is 1. The third kappa shape index (κ3) is 4.23. The molecule has 0 fully saturated rings. The number of fused-ring (bicyclic) bond motifs is 1. The first-order valence-corrected chi connectivity index (χ1v) is 9.41. The quantitative estimate of drug-likeness (QED) is 0.638. The van der Waals surface area contributed by atoms with Gasteiger partial charge in [0, 0.05) is 16.6 Å². The molecule has 134 valence electrons. The molecule has 0 aliphatic rings. The summed E-state index contributed by atoms with van der Waals surface area (Å²) in [5.41, 5.74) is 2.37. The molecule has 0 bridgehead atoms. The number of rotatable bonds is 6. The summed E-state index contributed by atoms with van der Waals surface area (Å²) >= 11 is 7.50. The fraction of sp³-hybridized carbons (Fsp3) is 0.200. The second kappa shape index (κ2) is 8.34. The van der Waals surface area contributed by atoms with Crippen LogP contribution in [0, 0.1) is 6.92 Å². The van der Waals surface area contributed by atoms with E-state index in [0.717, 1.165) is 16.5 Å². The molecule has 0 saturated heterocycles. The Hall–Kier alpha value is -2.37. The van der Waals surface area contributed by atoms with Gasteiger partial charge >= 0.3 is 5.97 Å². The van der Waals surface area contributed by atoms with E-state index in [4.69, 9.17) is 16.3 Å². The van der Waals surface area contributed by atoms with Crippen LogP contribution in [0.25, 0.3) is 10.1 Å². The Balaban J connectivity index is 1.50. The molecule has 26 heavy (non-hydrogen) atoms. The minimum Gasteiger partial charge on any atom is -0.451 e. The van der Waals surface area contributed by atoms with E-state index in [-0.39, 0.29) is 12.5 Å². The van der Waals surface area contributed by atoms with E-state index in [1.54, 1.807) is 0 Å². The number of hydrogen-bond acceptors (Lipinski definition) is 4. The highest BCUT2D eigenvalue weighted by atomic mass is 35.5. The van der Waals surface area contributed by atoms with Crippen LogP contribution in [-0.2, 0) is 16.0 Å². The highest BCUT2D eigenvalue weighted by Gasteiger charge is 2.19. The molecule has 0 spiro atoms. The van der Waals surface area contributed by atoms with Crippen LogP contribution in [0.2, 0.25) is 5.02 Å². The van der Waals surface area contributed by atoms with Crippen molar-refractivity contribution in [3.05, 3.63) is 69.6 Å². The van der Waals surface area contributed by atoms with Gasteiger partial charge in [-0.05, 0) is 30.5 Å². The first kappa shape index (κ1) is 18.4. The number of esters is 1. The minimum absolute atomic E-state index is 0.320. The summed E-state index contributed by atoms with van der Waals surface area (Å²) in [4.78, 5) is 24.4. The maximum absolute atomic E-state index is 12.2. The van der Waals surface area contributed by atoms with E-state index in [1.165, 1.54) is 22.5 Å². The van der Waals surface area contributed by atoms with Crippen LogP contribution in [-0.4, -0.2) is 25.0 Å². The Bertz CT molecular complexity index is 951. The van der Waals surface area contributed by atoms with Gasteiger partial charge in [-0.3, -0.25) is 4.79 Å². The normalized spacial score (nSPS) is 10.7. The highest BCUT2D eigenvalue weighted by Crippen LogP contribution is 2.35. The largest absolute Gasteiger partial charge is 0.451 e. The lowest BCUT2D eigenvalue weighted by atomic mass is 10.1. The summed E-state index contributed by atoms with van der Waals surface area (Å²) in [7, 11) is 0. The van der Waals surface area contributed by atoms with Gasteiger partial charge in [-0.1, -0.05) is 54.1 Å². The van der Waals surface area contributed by atoms with Crippen molar-refractivity contribution < 1.29 is 14.3 Å². The fourth-order valence-corrected chi connectivity index (χ4v) is 4.02. The maximum atomic E-state index is 12.2. The van der Waals surface area contributed by atoms with Gasteiger partial charge in [0.05, 0.1) is 5.02 Å². The third-order valence-electron chi connectivity index (χ3n) is 4.03. The van der Waals surface area contributed by atoms with E-state index in [0.29, 0.717) is 16.4 Å². The van der Waals surface area contributed by atoms with E-state index in [9.17, 15) is 9.59 Å². The number of thiophene rings is 1. The van der Waals surface area contributed by atoms with E-state index < -0.39 is 5.97 Å². The van der Waals surface area contributed by atoms with Crippen molar-refractivity contribution in [2.45, 2.75) is 13.3 Å². The molecule has 1 heterocycles. The standard InChI is InChI=1S/C20H18ClNO3S/c1-13-6-2-3-7-14(13)10-11-22-17(23)12-25-20(24)19-18(21)15-8-4-5-9-16(15)26-19/h2-9H,10-12H2,1H3,(H,22,23). The molecule has 0 radical (unpaired) electrons. The summed E-state index contributed by atoms with van der Waals surface area (Å²) in [5.74, 6) is -0.908. The Morgan fingerprint density at radius 2 is 1.85 bits per heavy atom. The minimum atomic E-state index is -0.578. The SMILES string of the molecule is Cc1ccccc1CCNC(=O)COC(=O)c1sc2ccccc2c1Cl. The van der Waals surface area contributed by atoms with Crippen molar-refractivity contribution in [2.75, 3.05) is 13.2 Å². The number of nitrogens with one attached hydrogen (secondary N) is 1. The second-order valence-electron chi connectivity index (χ2n) is 5.84. The first-order chi connectivity index (χ1) is 12.6. The molecule has 0 aliphatic heterocycles. The van der Waals surface area contributed by atoms with Crippen molar-refractivity contribution in [1.29, 1.82) is 0 Å². The van der Waals surface area contributed by atoms with Crippen molar-refractivity contribution in [3.8, 4) is 0 Å². The van der Waals surface area contributed by atoms with Gasteiger partial charge in [-0.15, -0.1) is 11.3 Å². The average Bonchev–Trinajstić information content (AvgIpc) is 2.98. The smallest absolute Gasteiger partial charge is 0.350 e. The molecule has 0 atom stereocenters. The lowest BCUT2D eigenvalue weighted by Gasteiger charge is -2.08. The summed E-state index contributed by atoms with van der Waals surface area (Å²) in [6.07, 6.45) is 0.731. The van der Waals surface area contributed by atoms with E-state index in [1.807, 2.05) is 55.5 Å². The number of halogens is 1. The molecule has 6 heteroatoms. The lowest BCUT2D eigenvalue weighted by Crippen LogP contribution is -2.30. The van der Waals surface area contributed by atoms with Gasteiger partial charge in [0.1, 0.15) is 4.88 Å². The molecule has 0 aliphatic carbocycles. The van der Waals surface area contributed by atoms with Crippen LogP contribution in [0.1, 0.15) is 20.8 Å². The van der Waals surface area contributed by atoms with Crippen LogP contribution >= 0.6 is 22.9 Å². The van der Waals surface area contributed by atoms with Crippen molar-refractivity contribution in [3.63, 3.8) is 0 Å². The molecule has 1 aromatic heterocycles. The zero-order valence-electron chi connectivity index (χ0n) is 14.3. The monoisotopic (exact) mass is 387 g/mol. The Morgan fingerprint density at radius 1 is 1.12 bits per heavy atom. The van der Waals surface area contributed by atoms with Crippen molar-refractivity contribution >= 4 is 44.9 Å². The van der Waals surface area contributed by atoms with Gasteiger partial charge in [0.15, 0.2) is 6.61 Å². The predicted octanol–water partition coefficient (Wildman–Crippen LogP) is 4.38. The molecule has 1 amide bonds. The molecule has 0 saturated carbocycles. The van der Waals surface area contributed by atoms with Crippen molar-refractivity contribution in [2.24, 2.45) is 0 Å². The number of carbonyl (C=O) groups excluding carboxylic acids is 2. The Labute approximate surface area is 160 Å². The first-order valence-electron chi connectivity index (χ1n) is 8.21. The average molecular weight is 388 g/mol. The number of benzene rings is 2. The van der Waals surface area contributed by atoms with E-state index >= 15 is 0 Å². The van der Waals surface area contributed by atoms with Crippen LogP contribution in [0.15, 0.2) is 48.5 Å². The number of carbonyl (C=O) groups is 2. The summed E-state index contributed by atoms with van der Waals surface area (Å²) in [6, 6.07) is 15.5. The number of ether oxygens (including phenoxy) is 1. The molecule has 0 unspecified atom stereocenters. The van der Waals surface area contributed by atoms with Gasteiger partial charge < -0.3 is 10.1 Å². The van der Waals surface area contributed by atoms with Gasteiger partial charge in [-0.25, -0.2) is 4.79 Å². The Morgan fingerprint density at radius 3 is 2.62 bits per heavy atom. The summed E-state index contributed by atoms with van der Waals surface area (Å²) in [6.45, 7) is 2.20. The molecular weight excluding hydrogens is 370 g/mol. The third-order valence-corrected chi connectivity index (χ3v) is 5.69. The topological polar surface area (TPSA) is 55.4 Å². The van der Waals surface area contributed by atoms with Crippen LogP contribution in [0.5, 0.6) is 0 Å². The molecule has 3 rings (SSSR count). The molecular formula is C20H18ClNO3S. The number of amides is 1. The lowest BCUT2D eigenvalue weighted by molar-refractivity contribution is -0.124. The molecule has 2 aromatic carbocycles. The highest BCUT2D eigenvalue weighted by molar-refractivity contribution is 7.21. The molecule has 4 nitrogen and oxygen atoms in total. The van der Waals surface area contributed by atoms with Gasteiger partial charge in [0.2, 0.25) is 0 Å². The van der Waals surface area contributed by atoms with Crippen LogP contribution < -0.4 is 5.32 Å². The molecule has 1 N–H and O–H groups in total. The predicted molar refractivity (Wildman–Crippen MR) is 105 cm³/mol. The van der Waals surface area contributed by atoms with Crippen LogP contribution in [0.4, 0.5) is 0 Å². The maximum Gasteiger partial charge on any atom is 0.350 e. The molecule has 3 aromatic rings. The summed E-state index contributed by atoms with van der Waals surface area (Å²) < 4.78 is 6.01. The van der Waals surface area contributed by atoms with Gasteiger partial charge in [-0.2, -0.15) is 0 Å². The fourth-order valence-electron chi connectivity index (χ4n) is 2.62. The summed E-state index contributed by atoms with van der Waals surface area (Å²) in [5, 5.41) is 3.95. The van der Waals surface area contributed by atoms with Gasteiger partial charge in [0.25, 0.3) is 5.91 Å². The van der Waals surface area contributed by atoms with Crippen molar-refractivity contribution in [1.82, 2.24) is 5.32 Å². The van der Waals surface area contributed by atoms with E-state index in [2.05, 4.69) is 5.32 Å². The zero-order chi connectivity index (χ0) is 18.5. The Kier molecular flexibility index (Phi) is 5.91. The zero-order valence-corrected chi connectivity index (χ0v) is 15.8. The second-order valence-corrected chi connectivity index (χ2v) is 7.27.